The fourth-order valence-electron chi connectivity index (χ4n) is 4.98. The third-order valence-electron chi connectivity index (χ3n) is 7.19. The minimum atomic E-state index is -1.00. The maximum absolute atomic E-state index is 13.1. The van der Waals surface area contributed by atoms with Gasteiger partial charge in [0.25, 0.3) is 11.8 Å². The van der Waals surface area contributed by atoms with Gasteiger partial charge in [-0.3, -0.25) is 29.4 Å². The van der Waals surface area contributed by atoms with Gasteiger partial charge in [-0.2, -0.15) is 0 Å². The van der Waals surface area contributed by atoms with Gasteiger partial charge in [0.05, 0.1) is 83.8 Å². The molecule has 0 saturated carbocycles. The van der Waals surface area contributed by atoms with Crippen LogP contribution in [0.25, 0.3) is 0 Å². The smallest absolute Gasteiger partial charge is 0.264 e. The Labute approximate surface area is 256 Å². The number of amides is 4. The summed E-state index contributed by atoms with van der Waals surface area (Å²) in [6.07, 6.45) is 3.29. The SMILES string of the molecule is O=C1CCC(N2C(=O)c3cccc(NCCOCCOCCOCCOCCOCCOC4CCCCO4)c3C2=O)C(=O)N1. The van der Waals surface area contributed by atoms with Crippen LogP contribution in [0, 0.1) is 0 Å². The number of ether oxygens (including phenoxy) is 7. The number of carbonyl (C=O) groups is 4. The number of carbonyl (C=O) groups excluding carboxylic acids is 4. The van der Waals surface area contributed by atoms with Crippen molar-refractivity contribution >= 4 is 29.3 Å². The first kappa shape index (κ1) is 33.9. The van der Waals surface area contributed by atoms with Gasteiger partial charge in [0.1, 0.15) is 6.04 Å². The first-order valence-corrected chi connectivity index (χ1v) is 15.3. The molecule has 2 saturated heterocycles. The van der Waals surface area contributed by atoms with Crippen molar-refractivity contribution in [3.05, 3.63) is 29.3 Å². The van der Waals surface area contributed by atoms with E-state index in [4.69, 9.17) is 33.2 Å². The Morgan fingerprint density at radius 3 is 2.02 bits per heavy atom. The van der Waals surface area contributed by atoms with Gasteiger partial charge < -0.3 is 38.5 Å². The van der Waals surface area contributed by atoms with Crippen LogP contribution < -0.4 is 10.6 Å². The van der Waals surface area contributed by atoms with Crippen LogP contribution >= 0.6 is 0 Å². The summed E-state index contributed by atoms with van der Waals surface area (Å²) in [4.78, 5) is 50.7. The zero-order chi connectivity index (χ0) is 31.0. The molecule has 44 heavy (non-hydrogen) atoms. The van der Waals surface area contributed by atoms with Gasteiger partial charge in [0.15, 0.2) is 6.29 Å². The zero-order valence-corrected chi connectivity index (χ0v) is 25.1. The van der Waals surface area contributed by atoms with Crippen LogP contribution in [-0.4, -0.2) is 127 Å². The van der Waals surface area contributed by atoms with E-state index in [0.29, 0.717) is 84.9 Å². The zero-order valence-electron chi connectivity index (χ0n) is 25.1. The van der Waals surface area contributed by atoms with E-state index in [2.05, 4.69) is 10.6 Å². The molecule has 2 fully saturated rings. The average Bonchev–Trinajstić information content (AvgIpc) is 3.28. The lowest BCUT2D eigenvalue weighted by Crippen LogP contribution is -2.54. The molecular weight excluding hydrogens is 578 g/mol. The second kappa shape index (κ2) is 18.7. The highest BCUT2D eigenvalue weighted by Crippen LogP contribution is 2.32. The monoisotopic (exact) mass is 621 g/mol. The lowest BCUT2D eigenvalue weighted by Gasteiger charge is -2.27. The second-order valence-electron chi connectivity index (χ2n) is 10.3. The maximum Gasteiger partial charge on any atom is 0.264 e. The van der Waals surface area contributed by atoms with Crippen molar-refractivity contribution in [2.24, 2.45) is 0 Å². The molecule has 2 unspecified atom stereocenters. The molecule has 1 aromatic rings. The summed E-state index contributed by atoms with van der Waals surface area (Å²) in [5, 5.41) is 5.33. The van der Waals surface area contributed by atoms with Crippen LogP contribution in [-0.2, 0) is 42.7 Å². The minimum Gasteiger partial charge on any atom is -0.382 e. The number of piperidine rings is 1. The lowest BCUT2D eigenvalue weighted by molar-refractivity contribution is -0.169. The Bertz CT molecular complexity index is 1100. The predicted molar refractivity (Wildman–Crippen MR) is 155 cm³/mol. The van der Waals surface area contributed by atoms with E-state index in [9.17, 15) is 19.2 Å². The molecule has 0 bridgehead atoms. The molecule has 0 spiro atoms. The van der Waals surface area contributed by atoms with Crippen LogP contribution in [0.5, 0.6) is 0 Å². The van der Waals surface area contributed by atoms with Crippen LogP contribution in [0.4, 0.5) is 5.69 Å². The maximum atomic E-state index is 13.1. The number of imide groups is 2. The third kappa shape index (κ3) is 10.3. The largest absolute Gasteiger partial charge is 0.382 e. The Morgan fingerprint density at radius 2 is 1.41 bits per heavy atom. The van der Waals surface area contributed by atoms with Gasteiger partial charge >= 0.3 is 0 Å². The summed E-state index contributed by atoms with van der Waals surface area (Å²) >= 11 is 0. The van der Waals surface area contributed by atoms with Crippen molar-refractivity contribution in [2.75, 3.05) is 91.1 Å². The van der Waals surface area contributed by atoms with E-state index >= 15 is 0 Å². The molecule has 0 aliphatic carbocycles. The Kier molecular flexibility index (Phi) is 14.4. The molecule has 3 aliphatic rings. The van der Waals surface area contributed by atoms with Crippen LogP contribution in [0.15, 0.2) is 18.2 Å². The molecule has 244 valence electrons. The van der Waals surface area contributed by atoms with Crippen molar-refractivity contribution in [1.82, 2.24) is 10.2 Å². The number of nitrogens with one attached hydrogen (secondary N) is 2. The highest BCUT2D eigenvalue weighted by Gasteiger charge is 2.45. The number of rotatable bonds is 21. The van der Waals surface area contributed by atoms with E-state index in [0.717, 1.165) is 30.8 Å². The predicted octanol–water partition coefficient (Wildman–Crippen LogP) is 1.13. The van der Waals surface area contributed by atoms with Gasteiger partial charge in [-0.25, -0.2) is 0 Å². The lowest BCUT2D eigenvalue weighted by atomic mass is 10.0. The molecule has 3 aliphatic heterocycles. The van der Waals surface area contributed by atoms with Crippen LogP contribution in [0.3, 0.4) is 0 Å². The first-order chi connectivity index (χ1) is 21.6. The number of hydrogen-bond donors (Lipinski definition) is 2. The third-order valence-corrected chi connectivity index (χ3v) is 7.19. The highest BCUT2D eigenvalue weighted by atomic mass is 16.7. The summed E-state index contributed by atoms with van der Waals surface area (Å²) in [7, 11) is 0. The fourth-order valence-corrected chi connectivity index (χ4v) is 4.98. The Morgan fingerprint density at radius 1 is 0.773 bits per heavy atom. The molecule has 0 radical (unpaired) electrons. The number of nitrogens with zero attached hydrogens (tertiary/aromatic N) is 1. The first-order valence-electron chi connectivity index (χ1n) is 15.3. The number of hydrogen-bond acceptors (Lipinski definition) is 12. The van der Waals surface area contributed by atoms with Crippen molar-refractivity contribution in [1.29, 1.82) is 0 Å². The van der Waals surface area contributed by atoms with Gasteiger partial charge in [-0.1, -0.05) is 6.07 Å². The van der Waals surface area contributed by atoms with Crippen molar-refractivity contribution in [3.63, 3.8) is 0 Å². The van der Waals surface area contributed by atoms with E-state index in [1.807, 2.05) is 0 Å². The van der Waals surface area contributed by atoms with E-state index in [-0.39, 0.29) is 30.3 Å². The number of fused-ring (bicyclic) bond motifs is 1. The molecule has 14 heteroatoms. The van der Waals surface area contributed by atoms with E-state index in [1.54, 1.807) is 18.2 Å². The number of benzene rings is 1. The summed E-state index contributed by atoms with van der Waals surface area (Å²) < 4.78 is 38.6. The molecule has 14 nitrogen and oxygen atoms in total. The fraction of sp³-hybridized carbons (Fsp3) is 0.667. The molecular formula is C30H43N3O11. The van der Waals surface area contributed by atoms with Gasteiger partial charge in [0, 0.05) is 25.3 Å². The molecule has 0 aromatic heterocycles. The summed E-state index contributed by atoms with van der Waals surface area (Å²) in [5.74, 6) is -2.14. The van der Waals surface area contributed by atoms with Crippen molar-refractivity contribution in [2.45, 2.75) is 44.4 Å². The van der Waals surface area contributed by atoms with Crippen molar-refractivity contribution < 1.29 is 52.3 Å². The normalized spacial score (nSPS) is 20.2. The van der Waals surface area contributed by atoms with Crippen LogP contribution in [0.2, 0.25) is 0 Å². The average molecular weight is 622 g/mol. The molecule has 4 amide bonds. The molecule has 3 heterocycles. The summed E-state index contributed by atoms with van der Waals surface area (Å²) in [6, 6.07) is 3.92. The Hall–Kier alpha value is -2.98. The van der Waals surface area contributed by atoms with Gasteiger partial charge in [0.2, 0.25) is 11.8 Å². The summed E-state index contributed by atoms with van der Waals surface area (Å²) in [6.45, 7) is 6.17. The standard InChI is InChI=1S/C30H43N3O11/c34-25-8-7-24(28(35)32-25)33-29(36)22-4-3-5-23(27(22)30(33)37)31-9-11-38-12-13-39-14-15-40-16-17-41-18-19-42-20-21-44-26-6-1-2-10-43-26/h3-5,24,26,31H,1-2,6-21H2,(H,32,34,35). The van der Waals surface area contributed by atoms with E-state index in [1.165, 1.54) is 0 Å². The minimum absolute atomic E-state index is 0.0722. The quantitative estimate of drug-likeness (QED) is 0.149. The number of anilines is 1. The topological polar surface area (TPSA) is 160 Å². The summed E-state index contributed by atoms with van der Waals surface area (Å²) in [5.41, 5.74) is 0.929. The van der Waals surface area contributed by atoms with Gasteiger partial charge in [-0.05, 0) is 37.8 Å². The Balaban J connectivity index is 0.959. The molecule has 2 atom stereocenters. The second-order valence-corrected chi connectivity index (χ2v) is 10.3. The van der Waals surface area contributed by atoms with Crippen molar-refractivity contribution in [3.8, 4) is 0 Å². The molecule has 1 aromatic carbocycles. The van der Waals surface area contributed by atoms with Crippen LogP contribution in [0.1, 0.15) is 52.8 Å². The van der Waals surface area contributed by atoms with Gasteiger partial charge in [-0.15, -0.1) is 0 Å². The van der Waals surface area contributed by atoms with E-state index < -0.39 is 29.7 Å². The highest BCUT2D eigenvalue weighted by molar-refractivity contribution is 6.25. The molecule has 2 N–H and O–H groups in total. The molecule has 4 rings (SSSR count).